The Kier molecular flexibility index (Phi) is 4.40. The number of hydrogen-bond acceptors (Lipinski definition) is 4. The van der Waals surface area contributed by atoms with E-state index in [4.69, 9.17) is 4.74 Å². The van der Waals surface area contributed by atoms with Gasteiger partial charge in [-0.3, -0.25) is 9.59 Å². The van der Waals surface area contributed by atoms with Crippen molar-refractivity contribution in [2.75, 3.05) is 12.0 Å². The van der Waals surface area contributed by atoms with Crippen LogP contribution in [-0.4, -0.2) is 18.3 Å². The highest BCUT2D eigenvalue weighted by molar-refractivity contribution is 8.19. The Labute approximate surface area is 142 Å². The number of anilines is 1. The van der Waals surface area contributed by atoms with Gasteiger partial charge in [-0.1, -0.05) is 18.2 Å². The molecule has 0 N–H and O–H groups in total. The number of benzene rings is 2. The van der Waals surface area contributed by atoms with E-state index in [1.807, 2.05) is 0 Å². The normalized spacial score (nSPS) is 16.5. The SMILES string of the molecule is COc1cccc(N2C(=O)S/C(=C(/C)c3ccc(F)cc3)C2=O)c1. The van der Waals surface area contributed by atoms with Gasteiger partial charge in [0.2, 0.25) is 0 Å². The van der Waals surface area contributed by atoms with Crippen LogP contribution in [0.3, 0.4) is 0 Å². The summed E-state index contributed by atoms with van der Waals surface area (Å²) in [7, 11) is 1.52. The second-order valence-corrected chi connectivity index (χ2v) is 6.13. The molecule has 0 radical (unpaired) electrons. The van der Waals surface area contributed by atoms with Crippen molar-refractivity contribution < 1.29 is 18.7 Å². The van der Waals surface area contributed by atoms with Gasteiger partial charge in [0.1, 0.15) is 11.6 Å². The molecular formula is C18H14FNO3S. The summed E-state index contributed by atoms with van der Waals surface area (Å²) in [4.78, 5) is 26.5. The maximum Gasteiger partial charge on any atom is 0.298 e. The second kappa shape index (κ2) is 6.49. The van der Waals surface area contributed by atoms with Crippen LogP contribution in [-0.2, 0) is 4.79 Å². The summed E-state index contributed by atoms with van der Waals surface area (Å²) in [6.45, 7) is 1.75. The third-order valence-corrected chi connectivity index (χ3v) is 4.74. The van der Waals surface area contributed by atoms with E-state index in [1.165, 1.54) is 19.2 Å². The third-order valence-electron chi connectivity index (χ3n) is 3.70. The number of rotatable bonds is 3. The van der Waals surface area contributed by atoms with Crippen LogP contribution in [0.25, 0.3) is 5.57 Å². The number of methoxy groups -OCH3 is 1. The molecular weight excluding hydrogens is 329 g/mol. The zero-order valence-corrected chi connectivity index (χ0v) is 13.9. The molecule has 2 amide bonds. The number of nitrogens with zero attached hydrogens (tertiary/aromatic N) is 1. The van der Waals surface area contributed by atoms with Crippen LogP contribution >= 0.6 is 11.8 Å². The first-order valence-electron chi connectivity index (χ1n) is 7.18. The molecule has 1 aliphatic heterocycles. The summed E-state index contributed by atoms with van der Waals surface area (Å²) < 4.78 is 18.2. The number of imide groups is 1. The molecule has 3 rings (SSSR count). The number of thioether (sulfide) groups is 1. The lowest BCUT2D eigenvalue weighted by atomic mass is 10.1. The molecule has 2 aromatic carbocycles. The predicted molar refractivity (Wildman–Crippen MR) is 92.5 cm³/mol. The Morgan fingerprint density at radius 3 is 2.50 bits per heavy atom. The van der Waals surface area contributed by atoms with Gasteiger partial charge in [0.25, 0.3) is 11.1 Å². The number of carbonyl (C=O) groups is 2. The minimum atomic E-state index is -0.389. The average molecular weight is 343 g/mol. The number of allylic oxidation sites excluding steroid dienone is 1. The van der Waals surface area contributed by atoms with Gasteiger partial charge >= 0.3 is 0 Å². The molecule has 1 saturated heterocycles. The lowest BCUT2D eigenvalue weighted by molar-refractivity contribution is -0.113. The zero-order valence-electron chi connectivity index (χ0n) is 13.1. The standard InChI is InChI=1S/C18H14FNO3S/c1-11(12-6-8-13(19)9-7-12)16-17(21)20(18(22)24-16)14-4-3-5-15(10-14)23-2/h3-10H,1-2H3/b16-11-. The van der Waals surface area contributed by atoms with Crippen LogP contribution in [0.2, 0.25) is 0 Å². The van der Waals surface area contributed by atoms with E-state index >= 15 is 0 Å². The van der Waals surface area contributed by atoms with E-state index in [0.29, 0.717) is 27.5 Å². The van der Waals surface area contributed by atoms with E-state index in [9.17, 15) is 14.0 Å². The highest BCUT2D eigenvalue weighted by Gasteiger charge is 2.37. The van der Waals surface area contributed by atoms with Gasteiger partial charge < -0.3 is 4.74 Å². The molecule has 6 heteroatoms. The van der Waals surface area contributed by atoms with Crippen LogP contribution < -0.4 is 9.64 Å². The Hall–Kier alpha value is -2.60. The molecule has 24 heavy (non-hydrogen) atoms. The highest BCUT2D eigenvalue weighted by atomic mass is 32.2. The lowest BCUT2D eigenvalue weighted by Gasteiger charge is -2.13. The van der Waals surface area contributed by atoms with Gasteiger partial charge in [0.15, 0.2) is 0 Å². The first kappa shape index (κ1) is 16.3. The summed E-state index contributed by atoms with van der Waals surface area (Å²) in [5.41, 5.74) is 1.80. The van der Waals surface area contributed by atoms with Crippen molar-refractivity contribution >= 4 is 34.2 Å². The monoisotopic (exact) mass is 343 g/mol. The van der Waals surface area contributed by atoms with Crippen molar-refractivity contribution in [1.29, 1.82) is 0 Å². The maximum atomic E-state index is 13.1. The van der Waals surface area contributed by atoms with Crippen molar-refractivity contribution in [2.45, 2.75) is 6.92 Å². The van der Waals surface area contributed by atoms with Gasteiger partial charge in [0, 0.05) is 6.07 Å². The summed E-state index contributed by atoms with van der Waals surface area (Å²) in [5, 5.41) is -0.371. The second-order valence-electron chi connectivity index (χ2n) is 5.17. The van der Waals surface area contributed by atoms with Crippen LogP contribution in [0.5, 0.6) is 5.75 Å². The van der Waals surface area contributed by atoms with E-state index in [1.54, 1.807) is 43.3 Å². The lowest BCUT2D eigenvalue weighted by Crippen LogP contribution is -2.27. The van der Waals surface area contributed by atoms with Crippen molar-refractivity contribution in [2.24, 2.45) is 0 Å². The van der Waals surface area contributed by atoms with Crippen LogP contribution in [0.15, 0.2) is 53.4 Å². The van der Waals surface area contributed by atoms with Crippen LogP contribution in [0, 0.1) is 5.82 Å². The summed E-state index contributed by atoms with van der Waals surface area (Å²) >= 11 is 0.880. The molecule has 2 aromatic rings. The predicted octanol–water partition coefficient (Wildman–Crippen LogP) is 4.47. The smallest absolute Gasteiger partial charge is 0.298 e. The van der Waals surface area contributed by atoms with Crippen LogP contribution in [0.1, 0.15) is 12.5 Å². The number of amides is 2. The Morgan fingerprint density at radius 2 is 1.83 bits per heavy atom. The molecule has 0 spiro atoms. The van der Waals surface area contributed by atoms with E-state index in [2.05, 4.69) is 0 Å². The molecule has 0 atom stereocenters. The van der Waals surface area contributed by atoms with Gasteiger partial charge in [-0.05, 0) is 54.1 Å². The summed E-state index contributed by atoms with van der Waals surface area (Å²) in [6.07, 6.45) is 0. The molecule has 0 aromatic heterocycles. The highest BCUT2D eigenvalue weighted by Crippen LogP contribution is 2.39. The topological polar surface area (TPSA) is 46.6 Å². The first-order valence-corrected chi connectivity index (χ1v) is 8.00. The largest absolute Gasteiger partial charge is 0.497 e. The van der Waals surface area contributed by atoms with Crippen molar-refractivity contribution in [3.8, 4) is 5.75 Å². The average Bonchev–Trinajstić information content (AvgIpc) is 2.89. The van der Waals surface area contributed by atoms with Gasteiger partial charge in [-0.2, -0.15) is 0 Å². The fourth-order valence-corrected chi connectivity index (χ4v) is 3.30. The van der Waals surface area contributed by atoms with E-state index in [0.717, 1.165) is 16.7 Å². The molecule has 0 unspecified atom stereocenters. The third kappa shape index (κ3) is 2.92. The molecule has 1 heterocycles. The first-order chi connectivity index (χ1) is 11.5. The summed E-state index contributed by atoms with van der Waals surface area (Å²) in [5.74, 6) is -0.179. The van der Waals surface area contributed by atoms with Crippen LogP contribution in [0.4, 0.5) is 14.9 Å². The van der Waals surface area contributed by atoms with Crippen molar-refractivity contribution in [3.63, 3.8) is 0 Å². The number of halogens is 1. The number of hydrogen-bond donors (Lipinski definition) is 0. The minimum absolute atomic E-state index is 0.342. The summed E-state index contributed by atoms with van der Waals surface area (Å²) in [6, 6.07) is 12.6. The number of ether oxygens (including phenoxy) is 1. The van der Waals surface area contributed by atoms with Gasteiger partial charge in [0.05, 0.1) is 17.7 Å². The van der Waals surface area contributed by atoms with Gasteiger partial charge in [-0.15, -0.1) is 0 Å². The minimum Gasteiger partial charge on any atom is -0.497 e. The zero-order chi connectivity index (χ0) is 17.3. The maximum absolute atomic E-state index is 13.1. The Balaban J connectivity index is 1.99. The fourth-order valence-electron chi connectivity index (χ4n) is 2.40. The molecule has 1 fully saturated rings. The molecule has 0 bridgehead atoms. The van der Waals surface area contributed by atoms with E-state index < -0.39 is 0 Å². The molecule has 0 aliphatic carbocycles. The van der Waals surface area contributed by atoms with Gasteiger partial charge in [-0.25, -0.2) is 9.29 Å². The molecule has 4 nitrogen and oxygen atoms in total. The molecule has 122 valence electrons. The Morgan fingerprint density at radius 1 is 1.12 bits per heavy atom. The van der Waals surface area contributed by atoms with Crippen molar-refractivity contribution in [3.05, 3.63) is 64.8 Å². The quantitative estimate of drug-likeness (QED) is 0.772. The molecule has 1 aliphatic rings. The Bertz CT molecular complexity index is 846. The molecule has 0 saturated carbocycles. The van der Waals surface area contributed by atoms with E-state index in [-0.39, 0.29) is 17.0 Å². The number of carbonyl (C=O) groups excluding carboxylic acids is 2. The van der Waals surface area contributed by atoms with Crippen molar-refractivity contribution in [1.82, 2.24) is 0 Å². The fraction of sp³-hybridized carbons (Fsp3) is 0.111.